The number of hydrogen-bond donors (Lipinski definition) is 1. The zero-order chi connectivity index (χ0) is 15.6. The number of halogens is 3. The number of rotatable bonds is 5. The first kappa shape index (κ1) is 16.6. The Bertz CT molecular complexity index is 757. The second kappa shape index (κ2) is 6.58. The summed E-state index contributed by atoms with van der Waals surface area (Å²) in [6.07, 6.45) is 2.47. The maximum atomic E-state index is 12.2. The number of nitrogens with zero attached hydrogens (tertiary/aromatic N) is 1. The lowest BCUT2D eigenvalue weighted by Crippen LogP contribution is -2.26. The van der Waals surface area contributed by atoms with Crippen LogP contribution in [0.25, 0.3) is 0 Å². The lowest BCUT2D eigenvalue weighted by atomic mass is 10.3. The van der Waals surface area contributed by atoms with Gasteiger partial charge in [-0.05, 0) is 24.3 Å². The SMILES string of the molecule is Cn1cccc1CCNS(=O)(=O)c1cc(Cl)c(Cl)cc1Cl. The number of aryl methyl sites for hydroxylation is 1. The van der Waals surface area contributed by atoms with Gasteiger partial charge in [0.05, 0.1) is 15.1 Å². The van der Waals surface area contributed by atoms with E-state index in [1.165, 1.54) is 12.1 Å². The van der Waals surface area contributed by atoms with Crippen molar-refractivity contribution >= 4 is 44.8 Å². The molecule has 2 rings (SSSR count). The molecule has 0 aliphatic heterocycles. The highest BCUT2D eigenvalue weighted by atomic mass is 35.5. The fraction of sp³-hybridized carbons (Fsp3) is 0.231. The van der Waals surface area contributed by atoms with Crippen LogP contribution in [0.5, 0.6) is 0 Å². The molecule has 21 heavy (non-hydrogen) atoms. The van der Waals surface area contributed by atoms with Gasteiger partial charge in [-0.2, -0.15) is 0 Å². The first-order valence-corrected chi connectivity index (χ1v) is 8.67. The van der Waals surface area contributed by atoms with E-state index in [-0.39, 0.29) is 26.5 Å². The normalized spacial score (nSPS) is 11.8. The minimum atomic E-state index is -3.73. The summed E-state index contributed by atoms with van der Waals surface area (Å²) in [5.74, 6) is 0. The zero-order valence-electron chi connectivity index (χ0n) is 11.1. The quantitative estimate of drug-likeness (QED) is 0.822. The van der Waals surface area contributed by atoms with E-state index in [1.807, 2.05) is 29.9 Å². The van der Waals surface area contributed by atoms with Crippen LogP contribution in [0.15, 0.2) is 35.4 Å². The first-order chi connectivity index (χ1) is 9.81. The van der Waals surface area contributed by atoms with Gasteiger partial charge in [-0.25, -0.2) is 13.1 Å². The molecular weight excluding hydrogens is 355 g/mol. The molecule has 0 fully saturated rings. The summed E-state index contributed by atoms with van der Waals surface area (Å²) in [5.41, 5.74) is 1.03. The van der Waals surface area contributed by atoms with Gasteiger partial charge in [-0.3, -0.25) is 0 Å². The molecule has 0 spiro atoms. The molecule has 0 aliphatic rings. The first-order valence-electron chi connectivity index (χ1n) is 6.05. The van der Waals surface area contributed by atoms with Crippen molar-refractivity contribution in [2.75, 3.05) is 6.54 Å². The van der Waals surface area contributed by atoms with Crippen LogP contribution in [0.1, 0.15) is 5.69 Å². The van der Waals surface area contributed by atoms with E-state index in [1.54, 1.807) is 0 Å². The van der Waals surface area contributed by atoms with Gasteiger partial charge in [-0.1, -0.05) is 34.8 Å². The fourth-order valence-corrected chi connectivity index (χ4v) is 3.89. The third-order valence-electron chi connectivity index (χ3n) is 2.99. The summed E-state index contributed by atoms with van der Waals surface area (Å²) in [7, 11) is -1.83. The van der Waals surface area contributed by atoms with Crippen LogP contribution in [0.2, 0.25) is 15.1 Å². The number of nitrogens with one attached hydrogen (secondary N) is 1. The highest BCUT2D eigenvalue weighted by Crippen LogP contribution is 2.31. The molecule has 2 aromatic rings. The van der Waals surface area contributed by atoms with Crippen molar-refractivity contribution in [1.82, 2.24) is 9.29 Å². The topological polar surface area (TPSA) is 51.1 Å². The molecular formula is C13H13Cl3N2O2S. The number of sulfonamides is 1. The fourth-order valence-electron chi connectivity index (χ4n) is 1.86. The van der Waals surface area contributed by atoms with E-state index >= 15 is 0 Å². The van der Waals surface area contributed by atoms with Crippen LogP contribution in [-0.2, 0) is 23.5 Å². The molecule has 0 saturated heterocycles. The molecule has 8 heteroatoms. The van der Waals surface area contributed by atoms with Crippen molar-refractivity contribution in [3.63, 3.8) is 0 Å². The van der Waals surface area contributed by atoms with Crippen molar-refractivity contribution in [3.05, 3.63) is 51.2 Å². The van der Waals surface area contributed by atoms with E-state index in [4.69, 9.17) is 34.8 Å². The van der Waals surface area contributed by atoms with Crippen molar-refractivity contribution in [1.29, 1.82) is 0 Å². The van der Waals surface area contributed by atoms with Crippen LogP contribution in [0.3, 0.4) is 0 Å². The van der Waals surface area contributed by atoms with Gasteiger partial charge in [0.15, 0.2) is 0 Å². The highest BCUT2D eigenvalue weighted by molar-refractivity contribution is 7.89. The van der Waals surface area contributed by atoms with E-state index in [2.05, 4.69) is 4.72 Å². The molecule has 1 N–H and O–H groups in total. The number of aromatic nitrogens is 1. The average molecular weight is 368 g/mol. The molecule has 0 saturated carbocycles. The van der Waals surface area contributed by atoms with Crippen molar-refractivity contribution in [3.8, 4) is 0 Å². The maximum absolute atomic E-state index is 12.2. The number of hydrogen-bond acceptors (Lipinski definition) is 2. The largest absolute Gasteiger partial charge is 0.354 e. The predicted octanol–water partition coefficient (Wildman–Crippen LogP) is 3.51. The van der Waals surface area contributed by atoms with Gasteiger partial charge in [0.1, 0.15) is 4.90 Å². The Hall–Kier alpha value is -0.720. The summed E-state index contributed by atoms with van der Waals surface area (Å²) in [4.78, 5) is -0.0783. The van der Waals surface area contributed by atoms with Crippen LogP contribution < -0.4 is 4.72 Å². The smallest absolute Gasteiger partial charge is 0.242 e. The Morgan fingerprint density at radius 3 is 2.43 bits per heavy atom. The summed E-state index contributed by atoms with van der Waals surface area (Å²) in [5, 5.41) is 0.393. The van der Waals surface area contributed by atoms with Crippen LogP contribution in [0, 0.1) is 0 Å². The predicted molar refractivity (Wildman–Crippen MR) is 85.8 cm³/mol. The molecule has 0 atom stereocenters. The van der Waals surface area contributed by atoms with Gasteiger partial charge in [-0.15, -0.1) is 0 Å². The Morgan fingerprint density at radius 1 is 1.14 bits per heavy atom. The summed E-state index contributed by atoms with van der Waals surface area (Å²) in [6.45, 7) is 0.261. The summed E-state index contributed by atoms with van der Waals surface area (Å²) >= 11 is 17.6. The molecule has 0 radical (unpaired) electrons. The standard InChI is InChI=1S/C13H13Cl3N2O2S/c1-18-6-2-3-9(18)4-5-17-21(19,20)13-8-11(15)10(14)7-12(13)16/h2-3,6-8,17H,4-5H2,1H3. The minimum Gasteiger partial charge on any atom is -0.354 e. The van der Waals surface area contributed by atoms with Crippen LogP contribution in [-0.4, -0.2) is 19.5 Å². The van der Waals surface area contributed by atoms with Gasteiger partial charge < -0.3 is 4.57 Å². The van der Waals surface area contributed by atoms with Gasteiger partial charge in [0.2, 0.25) is 10.0 Å². The third-order valence-corrected chi connectivity index (χ3v) is 5.64. The minimum absolute atomic E-state index is 0.0377. The van der Waals surface area contributed by atoms with E-state index < -0.39 is 10.0 Å². The van der Waals surface area contributed by atoms with Crippen molar-refractivity contribution in [2.24, 2.45) is 7.05 Å². The molecule has 1 heterocycles. The Balaban J connectivity index is 2.12. The second-order valence-corrected chi connectivity index (χ2v) is 7.41. The average Bonchev–Trinajstić information content (AvgIpc) is 2.79. The van der Waals surface area contributed by atoms with Gasteiger partial charge in [0, 0.05) is 31.9 Å². The zero-order valence-corrected chi connectivity index (χ0v) is 14.2. The van der Waals surface area contributed by atoms with Crippen molar-refractivity contribution < 1.29 is 8.42 Å². The lowest BCUT2D eigenvalue weighted by molar-refractivity contribution is 0.580. The molecule has 4 nitrogen and oxygen atoms in total. The van der Waals surface area contributed by atoms with Crippen LogP contribution in [0.4, 0.5) is 0 Å². The molecule has 0 bridgehead atoms. The highest BCUT2D eigenvalue weighted by Gasteiger charge is 2.19. The molecule has 0 aliphatic carbocycles. The number of benzene rings is 1. The maximum Gasteiger partial charge on any atom is 0.242 e. The molecule has 1 aromatic carbocycles. The Morgan fingerprint density at radius 2 is 1.81 bits per heavy atom. The Labute approximate surface area is 138 Å². The molecule has 0 unspecified atom stereocenters. The van der Waals surface area contributed by atoms with E-state index in [0.29, 0.717) is 6.42 Å². The van der Waals surface area contributed by atoms with Crippen LogP contribution >= 0.6 is 34.8 Å². The Kier molecular flexibility index (Phi) is 5.22. The lowest BCUT2D eigenvalue weighted by Gasteiger charge is -2.10. The van der Waals surface area contributed by atoms with Gasteiger partial charge in [0.25, 0.3) is 0 Å². The monoisotopic (exact) mass is 366 g/mol. The van der Waals surface area contributed by atoms with Crippen molar-refractivity contribution in [2.45, 2.75) is 11.3 Å². The third kappa shape index (κ3) is 3.93. The second-order valence-electron chi connectivity index (χ2n) is 4.45. The van der Waals surface area contributed by atoms with E-state index in [0.717, 1.165) is 5.69 Å². The molecule has 114 valence electrons. The summed E-state index contributed by atoms with van der Waals surface area (Å²) in [6, 6.07) is 6.40. The van der Waals surface area contributed by atoms with E-state index in [9.17, 15) is 8.42 Å². The summed E-state index contributed by atoms with van der Waals surface area (Å²) < 4.78 is 28.9. The molecule has 1 aromatic heterocycles. The van der Waals surface area contributed by atoms with Gasteiger partial charge >= 0.3 is 0 Å². The molecule has 0 amide bonds.